The van der Waals surface area contributed by atoms with Crippen molar-refractivity contribution in [1.29, 1.82) is 0 Å². The molecule has 11 heavy (non-hydrogen) atoms. The second-order valence-corrected chi connectivity index (χ2v) is 3.66. The van der Waals surface area contributed by atoms with Crippen LogP contribution in [0.5, 0.6) is 0 Å². The van der Waals surface area contributed by atoms with Crippen molar-refractivity contribution in [2.75, 3.05) is 17.3 Å². The highest BCUT2D eigenvalue weighted by Crippen LogP contribution is 1.93. The molecule has 0 bridgehead atoms. The fourth-order valence-electron chi connectivity index (χ4n) is 0.300. The molecular formula is C7H16O2S2. The quantitative estimate of drug-likeness (QED) is 0.677. The molecule has 1 N–H and O–H groups in total. The van der Waals surface area contributed by atoms with Gasteiger partial charge in [0.25, 0.3) is 0 Å². The smallest absolute Gasteiger partial charge is 0.304 e. The Morgan fingerprint density at radius 3 is 1.91 bits per heavy atom. The molecule has 0 spiro atoms. The number of carbonyl (C=O) groups is 1. The van der Waals surface area contributed by atoms with E-state index >= 15 is 0 Å². The van der Waals surface area contributed by atoms with Crippen molar-refractivity contribution in [3.05, 3.63) is 0 Å². The first kappa shape index (κ1) is 13.7. The van der Waals surface area contributed by atoms with E-state index in [1.54, 1.807) is 0 Å². The van der Waals surface area contributed by atoms with Crippen LogP contribution in [0.4, 0.5) is 0 Å². The van der Waals surface area contributed by atoms with Gasteiger partial charge in [0.15, 0.2) is 0 Å². The standard InChI is InChI=1S/C4H10S.C3H6O2S/c1-3-5-4-2;4-3(5)1-2-6/h3-4H2,1-2H3;6H,1-2H2,(H,4,5). The Kier molecular flexibility index (Phi) is 16.0. The summed E-state index contributed by atoms with van der Waals surface area (Å²) >= 11 is 5.64. The molecule has 0 saturated carbocycles. The fourth-order valence-corrected chi connectivity index (χ4v) is 0.899. The van der Waals surface area contributed by atoms with Crippen molar-refractivity contribution in [2.24, 2.45) is 0 Å². The summed E-state index contributed by atoms with van der Waals surface area (Å²) in [6.45, 7) is 4.35. The molecular weight excluding hydrogens is 180 g/mol. The lowest BCUT2D eigenvalue weighted by Crippen LogP contribution is -1.93. The van der Waals surface area contributed by atoms with Gasteiger partial charge in [-0.15, -0.1) is 0 Å². The van der Waals surface area contributed by atoms with Crippen LogP contribution in [0.1, 0.15) is 20.3 Å². The number of rotatable bonds is 4. The van der Waals surface area contributed by atoms with Gasteiger partial charge < -0.3 is 5.11 Å². The van der Waals surface area contributed by atoms with Gasteiger partial charge in [0.2, 0.25) is 0 Å². The van der Waals surface area contributed by atoms with Gasteiger partial charge in [-0.3, -0.25) is 4.79 Å². The van der Waals surface area contributed by atoms with Crippen LogP contribution in [-0.2, 0) is 4.79 Å². The van der Waals surface area contributed by atoms with Gasteiger partial charge >= 0.3 is 5.97 Å². The summed E-state index contributed by atoms with van der Waals surface area (Å²) in [5.41, 5.74) is 0. The summed E-state index contributed by atoms with van der Waals surface area (Å²) in [5, 5.41) is 7.86. The van der Waals surface area contributed by atoms with Crippen molar-refractivity contribution >= 4 is 30.4 Å². The molecule has 0 aliphatic carbocycles. The second-order valence-electron chi connectivity index (χ2n) is 1.65. The van der Waals surface area contributed by atoms with Crippen LogP contribution in [0.2, 0.25) is 0 Å². The van der Waals surface area contributed by atoms with Gasteiger partial charge in [0, 0.05) is 5.75 Å². The van der Waals surface area contributed by atoms with Crippen LogP contribution in [0, 0.1) is 0 Å². The first-order chi connectivity index (χ1) is 5.18. The number of hydrogen-bond acceptors (Lipinski definition) is 3. The number of thioether (sulfide) groups is 1. The second kappa shape index (κ2) is 12.8. The fraction of sp³-hybridized carbons (Fsp3) is 0.857. The molecule has 0 aliphatic rings. The van der Waals surface area contributed by atoms with Crippen LogP contribution in [0.25, 0.3) is 0 Å². The summed E-state index contributed by atoms with van der Waals surface area (Å²) in [6, 6.07) is 0. The van der Waals surface area contributed by atoms with Crippen molar-refractivity contribution in [3.63, 3.8) is 0 Å². The van der Waals surface area contributed by atoms with E-state index in [0.717, 1.165) is 0 Å². The minimum absolute atomic E-state index is 0.156. The van der Waals surface area contributed by atoms with Crippen LogP contribution in [0.3, 0.4) is 0 Å². The summed E-state index contributed by atoms with van der Waals surface area (Å²) in [6.07, 6.45) is 0.156. The highest BCUT2D eigenvalue weighted by Gasteiger charge is 1.88. The monoisotopic (exact) mass is 196 g/mol. The highest BCUT2D eigenvalue weighted by atomic mass is 32.2. The van der Waals surface area contributed by atoms with Crippen molar-refractivity contribution in [1.82, 2.24) is 0 Å². The average molecular weight is 196 g/mol. The van der Waals surface area contributed by atoms with E-state index in [4.69, 9.17) is 5.11 Å². The lowest BCUT2D eigenvalue weighted by Gasteiger charge is -1.80. The number of carboxylic acid groups (broad SMARTS) is 1. The Morgan fingerprint density at radius 2 is 1.91 bits per heavy atom. The van der Waals surface area contributed by atoms with E-state index in [-0.39, 0.29) is 6.42 Å². The van der Waals surface area contributed by atoms with Crippen LogP contribution >= 0.6 is 24.4 Å². The molecule has 0 unspecified atom stereocenters. The lowest BCUT2D eigenvalue weighted by atomic mass is 10.5. The zero-order valence-electron chi connectivity index (χ0n) is 7.04. The minimum atomic E-state index is -0.787. The van der Waals surface area contributed by atoms with E-state index in [9.17, 15) is 4.79 Å². The lowest BCUT2D eigenvalue weighted by molar-refractivity contribution is -0.136. The number of hydrogen-bond donors (Lipinski definition) is 2. The maximum absolute atomic E-state index is 9.55. The van der Waals surface area contributed by atoms with Crippen molar-refractivity contribution in [2.45, 2.75) is 20.3 Å². The third-order valence-electron chi connectivity index (χ3n) is 0.734. The molecule has 0 saturated heterocycles. The maximum Gasteiger partial charge on any atom is 0.304 e. The normalized spacial score (nSPS) is 8.27. The molecule has 0 atom stereocenters. The van der Waals surface area contributed by atoms with Crippen molar-refractivity contribution in [3.8, 4) is 0 Å². The van der Waals surface area contributed by atoms with Crippen molar-refractivity contribution < 1.29 is 9.90 Å². The number of carboxylic acids is 1. The number of thiol groups is 1. The van der Waals surface area contributed by atoms with Gasteiger partial charge in [-0.2, -0.15) is 24.4 Å². The molecule has 2 nitrogen and oxygen atoms in total. The van der Waals surface area contributed by atoms with Crippen LogP contribution in [0.15, 0.2) is 0 Å². The summed E-state index contributed by atoms with van der Waals surface area (Å²) in [4.78, 5) is 9.55. The minimum Gasteiger partial charge on any atom is -0.481 e. The van der Waals surface area contributed by atoms with E-state index < -0.39 is 5.97 Å². The van der Waals surface area contributed by atoms with Gasteiger partial charge in [-0.1, -0.05) is 13.8 Å². The Labute approximate surface area is 78.2 Å². The summed E-state index contributed by atoms with van der Waals surface area (Å²) in [7, 11) is 0. The van der Waals surface area contributed by atoms with E-state index in [1.165, 1.54) is 11.5 Å². The SMILES string of the molecule is CCSCC.O=C(O)CCS. The summed E-state index contributed by atoms with van der Waals surface area (Å²) in [5.74, 6) is 2.16. The van der Waals surface area contributed by atoms with E-state index in [0.29, 0.717) is 5.75 Å². The van der Waals surface area contributed by atoms with Gasteiger partial charge in [-0.25, -0.2) is 0 Å². The molecule has 0 aromatic rings. The zero-order chi connectivity index (χ0) is 9.11. The van der Waals surface area contributed by atoms with Gasteiger partial charge in [0.1, 0.15) is 0 Å². The van der Waals surface area contributed by atoms with Crippen LogP contribution < -0.4 is 0 Å². The molecule has 4 heteroatoms. The molecule has 0 aliphatic heterocycles. The molecule has 0 aromatic heterocycles. The Hall–Kier alpha value is 0.170. The molecule has 0 heterocycles. The predicted octanol–water partition coefficient (Wildman–Crippen LogP) is 2.15. The third-order valence-corrected chi connectivity index (χ3v) is 1.77. The summed E-state index contributed by atoms with van der Waals surface area (Å²) < 4.78 is 0. The molecule has 0 amide bonds. The van der Waals surface area contributed by atoms with Crippen LogP contribution in [-0.4, -0.2) is 28.3 Å². The first-order valence-electron chi connectivity index (χ1n) is 3.59. The van der Waals surface area contributed by atoms with E-state index in [2.05, 4.69) is 26.5 Å². The average Bonchev–Trinajstić information content (AvgIpc) is 1.90. The van der Waals surface area contributed by atoms with Gasteiger partial charge in [-0.05, 0) is 11.5 Å². The van der Waals surface area contributed by atoms with Gasteiger partial charge in [0.05, 0.1) is 6.42 Å². The number of aliphatic carboxylic acids is 1. The maximum atomic E-state index is 9.55. The zero-order valence-corrected chi connectivity index (χ0v) is 8.75. The molecule has 0 rings (SSSR count). The molecule has 68 valence electrons. The highest BCUT2D eigenvalue weighted by molar-refractivity contribution is 7.99. The Morgan fingerprint density at radius 1 is 1.45 bits per heavy atom. The first-order valence-corrected chi connectivity index (χ1v) is 5.38. The molecule has 0 aromatic carbocycles. The third kappa shape index (κ3) is 25.4. The molecule has 0 radical (unpaired) electrons. The topological polar surface area (TPSA) is 37.3 Å². The Bertz CT molecular complexity index is 84.5. The predicted molar refractivity (Wildman–Crippen MR) is 54.8 cm³/mol. The molecule has 0 fully saturated rings. The van der Waals surface area contributed by atoms with E-state index in [1.807, 2.05) is 11.8 Å². The largest absolute Gasteiger partial charge is 0.481 e. The Balaban J connectivity index is 0.